The minimum atomic E-state index is -2.67. The lowest BCUT2D eigenvalue weighted by molar-refractivity contribution is 0.0959. The van der Waals surface area contributed by atoms with Crippen LogP contribution in [-0.2, 0) is 12.2 Å². The van der Waals surface area contributed by atoms with Crippen LogP contribution in [0.1, 0.15) is 51.1 Å². The number of hydrazone groups is 1. The second kappa shape index (κ2) is 12.0. The van der Waals surface area contributed by atoms with Crippen molar-refractivity contribution in [2.75, 3.05) is 7.11 Å². The van der Waals surface area contributed by atoms with Crippen LogP contribution in [0.15, 0.2) is 52.7 Å². The number of amides is 1. The van der Waals surface area contributed by atoms with E-state index in [2.05, 4.69) is 27.4 Å². The molecule has 0 saturated heterocycles. The van der Waals surface area contributed by atoms with Crippen molar-refractivity contribution in [1.29, 1.82) is 0 Å². The summed E-state index contributed by atoms with van der Waals surface area (Å²) in [5, 5.41) is 5.60. The van der Waals surface area contributed by atoms with Gasteiger partial charge in [-0.3, -0.25) is 4.79 Å². The summed E-state index contributed by atoms with van der Waals surface area (Å²) in [5.74, 6) is 0.621. The summed E-state index contributed by atoms with van der Waals surface area (Å²) in [6.07, 6.45) is -0.254. The van der Waals surface area contributed by atoms with Gasteiger partial charge < -0.3 is 4.74 Å². The van der Waals surface area contributed by atoms with Gasteiger partial charge in [-0.15, -0.1) is 11.3 Å². The zero-order chi connectivity index (χ0) is 26.5. The molecule has 2 heterocycles. The highest BCUT2D eigenvalue weighted by Gasteiger charge is 2.17. The van der Waals surface area contributed by atoms with Crippen LogP contribution in [0.2, 0.25) is 5.02 Å². The highest BCUT2D eigenvalue weighted by molar-refractivity contribution is 7.98. The summed E-state index contributed by atoms with van der Waals surface area (Å²) >= 11 is 9.00. The minimum Gasteiger partial charge on any atom is -0.496 e. The molecule has 11 heteroatoms. The van der Waals surface area contributed by atoms with Crippen LogP contribution in [0.3, 0.4) is 0 Å². The molecule has 0 aliphatic rings. The zero-order valence-corrected chi connectivity index (χ0v) is 22.6. The first-order valence-corrected chi connectivity index (χ1v) is 13.4. The van der Waals surface area contributed by atoms with E-state index >= 15 is 0 Å². The third-order valence-corrected chi connectivity index (χ3v) is 7.98. The zero-order valence-electron chi connectivity index (χ0n) is 20.2. The van der Waals surface area contributed by atoms with Gasteiger partial charge in [-0.05, 0) is 54.8 Å². The van der Waals surface area contributed by atoms with E-state index in [1.165, 1.54) is 40.9 Å². The van der Waals surface area contributed by atoms with Crippen LogP contribution in [0, 0.1) is 6.92 Å². The number of methoxy groups -OCH3 is 1. The molecular formula is C26H23ClF2N4O2S2. The molecule has 2 aromatic carbocycles. The van der Waals surface area contributed by atoms with E-state index in [-0.39, 0.29) is 10.9 Å². The lowest BCUT2D eigenvalue weighted by atomic mass is 10.1. The van der Waals surface area contributed by atoms with Crippen LogP contribution in [0.4, 0.5) is 8.78 Å². The van der Waals surface area contributed by atoms with Gasteiger partial charge in [0.15, 0.2) is 5.16 Å². The van der Waals surface area contributed by atoms with Gasteiger partial charge in [0.25, 0.3) is 12.3 Å². The summed E-state index contributed by atoms with van der Waals surface area (Å²) in [6.45, 7) is 3.72. The molecule has 0 atom stereocenters. The van der Waals surface area contributed by atoms with Crippen molar-refractivity contribution >= 4 is 56.9 Å². The van der Waals surface area contributed by atoms with Crippen molar-refractivity contribution in [3.63, 3.8) is 0 Å². The molecule has 6 nitrogen and oxygen atoms in total. The summed E-state index contributed by atoms with van der Waals surface area (Å²) in [7, 11) is 1.55. The average Bonchev–Trinajstić information content (AvgIpc) is 3.22. The molecule has 0 unspecified atom stereocenters. The molecule has 1 N–H and O–H groups in total. The fourth-order valence-corrected chi connectivity index (χ4v) is 5.93. The summed E-state index contributed by atoms with van der Waals surface area (Å²) in [4.78, 5) is 21.3. The first-order valence-electron chi connectivity index (χ1n) is 11.3. The van der Waals surface area contributed by atoms with E-state index in [4.69, 9.17) is 16.3 Å². The van der Waals surface area contributed by atoms with Crippen LogP contribution in [-0.4, -0.2) is 29.2 Å². The van der Waals surface area contributed by atoms with Gasteiger partial charge in [-0.2, -0.15) is 5.10 Å². The lowest BCUT2D eigenvalue weighted by Gasteiger charge is -2.10. The molecule has 0 radical (unpaired) electrons. The third kappa shape index (κ3) is 6.44. The molecule has 1 amide bonds. The quantitative estimate of drug-likeness (QED) is 0.101. The van der Waals surface area contributed by atoms with Gasteiger partial charge in [0.2, 0.25) is 0 Å². The molecule has 4 rings (SSSR count). The third-order valence-electron chi connectivity index (χ3n) is 5.43. The number of nitrogens with zero attached hydrogens (tertiary/aromatic N) is 3. The molecule has 0 aliphatic carbocycles. The molecule has 37 heavy (non-hydrogen) atoms. The number of rotatable bonds is 9. The number of carbonyl (C=O) groups excluding carboxylic acids is 1. The Kier molecular flexibility index (Phi) is 8.73. The molecule has 192 valence electrons. The number of benzene rings is 2. The van der Waals surface area contributed by atoms with Gasteiger partial charge in [0.05, 0.1) is 18.3 Å². The number of aryl methyl sites for hydroxylation is 2. The van der Waals surface area contributed by atoms with Gasteiger partial charge in [0.1, 0.15) is 16.3 Å². The van der Waals surface area contributed by atoms with Gasteiger partial charge >= 0.3 is 0 Å². The van der Waals surface area contributed by atoms with Crippen LogP contribution in [0.25, 0.3) is 10.1 Å². The standard InChI is InChI=1S/C26H23ClF2N4O2S2/c1-4-15-5-7-18-21(11-15)37-23(22(18)27)25(34)33-30-12-16-6-8-20(35-3)17(10-16)13-36-26-31-14(2)9-19(32-26)24(28)29/h5-12,24H,4,13H2,1-3H3,(H,33,34)/b30-12+. The highest BCUT2D eigenvalue weighted by Crippen LogP contribution is 2.36. The van der Waals surface area contributed by atoms with E-state index in [9.17, 15) is 13.6 Å². The Bertz CT molecular complexity index is 1480. The Morgan fingerprint density at radius 3 is 2.78 bits per heavy atom. The van der Waals surface area contributed by atoms with Gasteiger partial charge in [0, 0.05) is 27.1 Å². The van der Waals surface area contributed by atoms with Crippen molar-refractivity contribution < 1.29 is 18.3 Å². The first kappa shape index (κ1) is 27.0. The molecule has 0 bridgehead atoms. The van der Waals surface area contributed by atoms with E-state index < -0.39 is 12.3 Å². The number of carbonyl (C=O) groups is 1. The van der Waals surface area contributed by atoms with Crippen LogP contribution < -0.4 is 10.2 Å². The van der Waals surface area contributed by atoms with Crippen molar-refractivity contribution in [3.05, 3.63) is 80.4 Å². The van der Waals surface area contributed by atoms with E-state index in [1.54, 1.807) is 26.2 Å². The Hall–Kier alpha value is -3.08. The SMILES string of the molecule is CCc1ccc2c(Cl)c(C(=O)N/N=C/c3ccc(OC)c(CSc4nc(C)cc(C(F)F)n4)c3)sc2c1. The number of nitrogens with one attached hydrogen (secondary N) is 1. The molecule has 0 spiro atoms. The second-order valence-electron chi connectivity index (χ2n) is 8.01. The second-order valence-corrected chi connectivity index (χ2v) is 10.4. The van der Waals surface area contributed by atoms with Gasteiger partial charge in [-0.1, -0.05) is 42.4 Å². The van der Waals surface area contributed by atoms with Crippen molar-refractivity contribution in [1.82, 2.24) is 15.4 Å². The van der Waals surface area contributed by atoms with E-state index in [0.717, 1.165) is 22.1 Å². The van der Waals surface area contributed by atoms with Crippen molar-refractivity contribution in [3.8, 4) is 5.75 Å². The monoisotopic (exact) mass is 560 g/mol. The van der Waals surface area contributed by atoms with Crippen LogP contribution >= 0.6 is 34.7 Å². The predicted molar refractivity (Wildman–Crippen MR) is 146 cm³/mol. The maximum Gasteiger partial charge on any atom is 0.283 e. The molecule has 0 fully saturated rings. The highest BCUT2D eigenvalue weighted by atomic mass is 35.5. The summed E-state index contributed by atoms with van der Waals surface area (Å²) in [5.41, 5.74) is 5.39. The molecule has 4 aromatic rings. The lowest BCUT2D eigenvalue weighted by Crippen LogP contribution is -2.16. The molecule has 0 aliphatic heterocycles. The van der Waals surface area contributed by atoms with Gasteiger partial charge in [-0.25, -0.2) is 24.2 Å². The Labute approximate surface area is 226 Å². The summed E-state index contributed by atoms with van der Waals surface area (Å²) in [6, 6.07) is 12.6. The van der Waals surface area contributed by atoms with Crippen LogP contribution in [0.5, 0.6) is 5.75 Å². The largest absolute Gasteiger partial charge is 0.496 e. The maximum absolute atomic E-state index is 13.1. The maximum atomic E-state index is 13.1. The fourth-order valence-electron chi connectivity index (χ4n) is 3.57. The summed E-state index contributed by atoms with van der Waals surface area (Å²) < 4.78 is 32.5. The number of aromatic nitrogens is 2. The number of hydrogen-bond acceptors (Lipinski definition) is 7. The molecule has 0 saturated carbocycles. The Morgan fingerprint density at radius 1 is 1.24 bits per heavy atom. The number of thioether (sulfide) groups is 1. The number of hydrogen-bond donors (Lipinski definition) is 1. The first-order chi connectivity index (χ1) is 17.8. The number of ether oxygens (including phenoxy) is 1. The van der Waals surface area contributed by atoms with E-state index in [0.29, 0.717) is 32.7 Å². The minimum absolute atomic E-state index is 0.259. The molecular weight excluding hydrogens is 538 g/mol. The van der Waals surface area contributed by atoms with Crippen molar-refractivity contribution in [2.24, 2.45) is 5.10 Å². The Balaban J connectivity index is 1.46. The smallest absolute Gasteiger partial charge is 0.283 e. The number of halogens is 3. The normalized spacial score (nSPS) is 11.5. The van der Waals surface area contributed by atoms with Crippen molar-refractivity contribution in [2.45, 2.75) is 37.6 Å². The topological polar surface area (TPSA) is 76.5 Å². The number of fused-ring (bicyclic) bond motifs is 1. The van der Waals surface area contributed by atoms with E-state index in [1.807, 2.05) is 24.3 Å². The fraction of sp³-hybridized carbons (Fsp3) is 0.231. The number of thiophene rings is 1. The average molecular weight is 561 g/mol. The Morgan fingerprint density at radius 2 is 2.05 bits per heavy atom. The number of alkyl halides is 2. The molecule has 2 aromatic heterocycles. The predicted octanol–water partition coefficient (Wildman–Crippen LogP) is 7.22.